The van der Waals surface area contributed by atoms with Crippen LogP contribution in [0.3, 0.4) is 0 Å². The standard InChI is InChI=1S/C18H18N4O2S/c1-12-11-19-18(20-13-5-3-6-14(9-13)22-23)21-17(12)25-16-8-4-7-15(10-16)24-2/h3-11,22-23H,1-2H3,(H,19,20,21). The molecule has 0 aliphatic heterocycles. The van der Waals surface area contributed by atoms with Crippen molar-refractivity contribution >= 4 is 29.1 Å². The number of rotatable bonds is 6. The second-order valence-electron chi connectivity index (χ2n) is 5.28. The predicted molar refractivity (Wildman–Crippen MR) is 99.0 cm³/mol. The number of hydrogen-bond acceptors (Lipinski definition) is 7. The van der Waals surface area contributed by atoms with Crippen LogP contribution in [0.25, 0.3) is 0 Å². The third-order valence-corrected chi connectivity index (χ3v) is 4.53. The van der Waals surface area contributed by atoms with Crippen molar-refractivity contribution < 1.29 is 9.94 Å². The number of aromatic nitrogens is 2. The fourth-order valence-corrected chi connectivity index (χ4v) is 3.05. The average Bonchev–Trinajstić information content (AvgIpc) is 2.65. The molecule has 2 aromatic carbocycles. The number of methoxy groups -OCH3 is 1. The third kappa shape index (κ3) is 4.40. The molecule has 0 spiro atoms. The number of anilines is 3. The van der Waals surface area contributed by atoms with Crippen LogP contribution >= 0.6 is 11.8 Å². The minimum atomic E-state index is 0.492. The largest absolute Gasteiger partial charge is 0.497 e. The van der Waals surface area contributed by atoms with Gasteiger partial charge in [-0.15, -0.1) is 0 Å². The number of aryl methyl sites for hydroxylation is 1. The van der Waals surface area contributed by atoms with E-state index in [1.807, 2.05) is 43.3 Å². The first-order chi connectivity index (χ1) is 12.2. The summed E-state index contributed by atoms with van der Waals surface area (Å²) in [5, 5.41) is 13.0. The van der Waals surface area contributed by atoms with Gasteiger partial charge in [-0.25, -0.2) is 9.97 Å². The minimum Gasteiger partial charge on any atom is -0.497 e. The van der Waals surface area contributed by atoms with Crippen molar-refractivity contribution in [2.24, 2.45) is 0 Å². The first kappa shape index (κ1) is 17.1. The summed E-state index contributed by atoms with van der Waals surface area (Å²) in [6.45, 7) is 1.97. The molecule has 25 heavy (non-hydrogen) atoms. The van der Waals surface area contributed by atoms with E-state index in [9.17, 15) is 0 Å². The SMILES string of the molecule is COc1cccc(Sc2nc(Nc3cccc(NO)c3)ncc2C)c1. The first-order valence-corrected chi connectivity index (χ1v) is 8.42. The topological polar surface area (TPSA) is 79.3 Å². The highest BCUT2D eigenvalue weighted by molar-refractivity contribution is 7.99. The first-order valence-electron chi connectivity index (χ1n) is 7.60. The molecule has 0 radical (unpaired) electrons. The predicted octanol–water partition coefficient (Wildman–Crippen LogP) is 4.49. The van der Waals surface area contributed by atoms with Crippen molar-refractivity contribution in [3.63, 3.8) is 0 Å². The van der Waals surface area contributed by atoms with E-state index in [2.05, 4.69) is 20.8 Å². The Morgan fingerprint density at radius 1 is 1.08 bits per heavy atom. The van der Waals surface area contributed by atoms with Gasteiger partial charge in [0.05, 0.1) is 12.8 Å². The lowest BCUT2D eigenvalue weighted by molar-refractivity contribution is 0.389. The van der Waals surface area contributed by atoms with Crippen molar-refractivity contribution in [1.29, 1.82) is 0 Å². The number of ether oxygens (including phenoxy) is 1. The van der Waals surface area contributed by atoms with Crippen molar-refractivity contribution in [3.8, 4) is 5.75 Å². The smallest absolute Gasteiger partial charge is 0.228 e. The molecule has 0 bridgehead atoms. The summed E-state index contributed by atoms with van der Waals surface area (Å²) < 4.78 is 5.26. The van der Waals surface area contributed by atoms with Crippen LogP contribution < -0.4 is 15.5 Å². The fraction of sp³-hybridized carbons (Fsp3) is 0.111. The fourth-order valence-electron chi connectivity index (χ4n) is 2.16. The van der Waals surface area contributed by atoms with Crippen LogP contribution in [0.1, 0.15) is 5.56 Å². The van der Waals surface area contributed by atoms with Gasteiger partial charge < -0.3 is 10.1 Å². The summed E-state index contributed by atoms with van der Waals surface area (Å²) in [5.74, 6) is 1.30. The number of benzene rings is 2. The summed E-state index contributed by atoms with van der Waals surface area (Å²) in [6.07, 6.45) is 1.78. The van der Waals surface area contributed by atoms with E-state index in [0.29, 0.717) is 11.6 Å². The van der Waals surface area contributed by atoms with Crippen molar-refractivity contribution in [3.05, 3.63) is 60.3 Å². The highest BCUT2D eigenvalue weighted by Gasteiger charge is 2.08. The van der Waals surface area contributed by atoms with Crippen molar-refractivity contribution in [2.75, 3.05) is 17.9 Å². The van der Waals surface area contributed by atoms with E-state index in [-0.39, 0.29) is 0 Å². The van der Waals surface area contributed by atoms with E-state index < -0.39 is 0 Å². The summed E-state index contributed by atoms with van der Waals surface area (Å²) in [6, 6.07) is 15.0. The second kappa shape index (κ2) is 7.87. The zero-order chi connectivity index (χ0) is 17.6. The van der Waals surface area contributed by atoms with Crippen LogP contribution in [-0.2, 0) is 0 Å². The lowest BCUT2D eigenvalue weighted by Gasteiger charge is -2.10. The molecule has 3 aromatic rings. The van der Waals surface area contributed by atoms with Gasteiger partial charge in [0.15, 0.2) is 0 Å². The molecule has 0 saturated heterocycles. The highest BCUT2D eigenvalue weighted by atomic mass is 32.2. The Balaban J connectivity index is 1.82. The Morgan fingerprint density at radius 2 is 1.88 bits per heavy atom. The van der Waals surface area contributed by atoms with E-state index in [1.54, 1.807) is 37.2 Å². The van der Waals surface area contributed by atoms with Gasteiger partial charge in [0.25, 0.3) is 0 Å². The molecule has 0 unspecified atom stereocenters. The van der Waals surface area contributed by atoms with Crippen LogP contribution in [-0.4, -0.2) is 22.3 Å². The Morgan fingerprint density at radius 3 is 2.68 bits per heavy atom. The molecule has 0 amide bonds. The van der Waals surface area contributed by atoms with Crippen LogP contribution in [0.15, 0.2) is 64.6 Å². The van der Waals surface area contributed by atoms with Crippen LogP contribution in [0.4, 0.5) is 17.3 Å². The Bertz CT molecular complexity index is 873. The lowest BCUT2D eigenvalue weighted by atomic mass is 10.3. The Kier molecular flexibility index (Phi) is 5.37. The van der Waals surface area contributed by atoms with Gasteiger partial charge in [0.2, 0.25) is 5.95 Å². The molecule has 0 aliphatic carbocycles. The molecule has 6 nitrogen and oxygen atoms in total. The van der Waals surface area contributed by atoms with E-state index in [1.165, 1.54) is 0 Å². The van der Waals surface area contributed by atoms with Crippen molar-refractivity contribution in [1.82, 2.24) is 9.97 Å². The third-order valence-electron chi connectivity index (χ3n) is 3.43. The molecule has 0 fully saturated rings. The van der Waals surface area contributed by atoms with Crippen LogP contribution in [0.5, 0.6) is 5.75 Å². The normalized spacial score (nSPS) is 10.4. The van der Waals surface area contributed by atoms with Crippen LogP contribution in [0.2, 0.25) is 0 Å². The molecule has 3 N–H and O–H groups in total. The van der Waals surface area contributed by atoms with E-state index in [4.69, 9.17) is 9.94 Å². The lowest BCUT2D eigenvalue weighted by Crippen LogP contribution is -2.00. The molecule has 128 valence electrons. The number of nitrogens with zero attached hydrogens (tertiary/aromatic N) is 2. The van der Waals surface area contributed by atoms with Gasteiger partial charge in [0.1, 0.15) is 10.8 Å². The molecule has 1 aromatic heterocycles. The summed E-state index contributed by atoms with van der Waals surface area (Å²) in [5.41, 5.74) is 4.47. The van der Waals surface area contributed by atoms with Crippen LogP contribution in [0, 0.1) is 6.92 Å². The van der Waals surface area contributed by atoms with Gasteiger partial charge >= 0.3 is 0 Å². The highest BCUT2D eigenvalue weighted by Crippen LogP contribution is 2.31. The van der Waals surface area contributed by atoms with E-state index in [0.717, 1.165) is 26.9 Å². The molecule has 0 atom stereocenters. The minimum absolute atomic E-state index is 0.492. The second-order valence-corrected chi connectivity index (χ2v) is 6.34. The Labute approximate surface area is 150 Å². The maximum atomic E-state index is 8.99. The molecule has 1 heterocycles. The number of hydrogen-bond donors (Lipinski definition) is 3. The molecule has 0 saturated carbocycles. The molecular weight excluding hydrogens is 336 g/mol. The number of nitrogens with one attached hydrogen (secondary N) is 2. The maximum absolute atomic E-state index is 8.99. The van der Waals surface area contributed by atoms with Gasteiger partial charge in [-0.2, -0.15) is 0 Å². The van der Waals surface area contributed by atoms with E-state index >= 15 is 0 Å². The maximum Gasteiger partial charge on any atom is 0.228 e. The summed E-state index contributed by atoms with van der Waals surface area (Å²) >= 11 is 1.55. The zero-order valence-electron chi connectivity index (χ0n) is 13.9. The molecule has 7 heteroatoms. The average molecular weight is 354 g/mol. The molecular formula is C18H18N4O2S. The molecule has 0 aliphatic rings. The quantitative estimate of drug-likeness (QED) is 0.444. The van der Waals surface area contributed by atoms with Gasteiger partial charge in [0, 0.05) is 22.3 Å². The zero-order valence-corrected chi connectivity index (χ0v) is 14.7. The van der Waals surface area contributed by atoms with Crippen molar-refractivity contribution in [2.45, 2.75) is 16.8 Å². The van der Waals surface area contributed by atoms with Gasteiger partial charge in [-0.05, 0) is 43.3 Å². The summed E-state index contributed by atoms with van der Waals surface area (Å²) in [7, 11) is 1.65. The summed E-state index contributed by atoms with van der Waals surface area (Å²) in [4.78, 5) is 9.95. The van der Waals surface area contributed by atoms with Gasteiger partial charge in [-0.1, -0.05) is 23.9 Å². The Hall–Kier alpha value is -2.77. The van der Waals surface area contributed by atoms with Gasteiger partial charge in [-0.3, -0.25) is 10.7 Å². The molecule has 3 rings (SSSR count). The monoisotopic (exact) mass is 354 g/mol.